The SMILES string of the molecule is CCN(CC)CC(=O)N1CCCC(c2nc(C)c3c(n2)N(CCc2ccccc2)C(=O)C3)C1. The fraction of sp³-hybridized carbons (Fsp3) is 0.538. The number of anilines is 1. The predicted molar refractivity (Wildman–Crippen MR) is 129 cm³/mol. The standard InChI is InChI=1S/C26H35N5O2/c1-4-29(5-2)18-24(33)30-14-9-12-21(17-30)25-27-19(3)22-16-23(32)31(26(22)28-25)15-13-20-10-7-6-8-11-20/h6-8,10-11,21H,4-5,9,12-18H2,1-3H3. The van der Waals surface area contributed by atoms with Crippen LogP contribution in [0, 0.1) is 6.92 Å². The molecule has 7 heteroatoms. The van der Waals surface area contributed by atoms with Crippen molar-refractivity contribution in [3.63, 3.8) is 0 Å². The van der Waals surface area contributed by atoms with Gasteiger partial charge in [0.05, 0.1) is 13.0 Å². The van der Waals surface area contributed by atoms with E-state index in [4.69, 9.17) is 9.97 Å². The number of carbonyl (C=O) groups is 2. The Hall–Kier alpha value is -2.80. The van der Waals surface area contributed by atoms with Gasteiger partial charge in [0.2, 0.25) is 11.8 Å². The zero-order valence-electron chi connectivity index (χ0n) is 20.1. The minimum absolute atomic E-state index is 0.0927. The molecule has 2 aliphatic heterocycles. The van der Waals surface area contributed by atoms with Crippen molar-refractivity contribution in [1.29, 1.82) is 0 Å². The molecule has 1 aromatic carbocycles. The van der Waals surface area contributed by atoms with Gasteiger partial charge in [-0.3, -0.25) is 19.4 Å². The van der Waals surface area contributed by atoms with Crippen molar-refractivity contribution < 1.29 is 9.59 Å². The monoisotopic (exact) mass is 449 g/mol. The Labute approximate surface area is 196 Å². The Morgan fingerprint density at radius 3 is 2.64 bits per heavy atom. The number of aromatic nitrogens is 2. The Balaban J connectivity index is 1.50. The highest BCUT2D eigenvalue weighted by Gasteiger charge is 2.33. The molecule has 2 amide bonds. The van der Waals surface area contributed by atoms with E-state index in [0.29, 0.717) is 26.1 Å². The van der Waals surface area contributed by atoms with Crippen LogP contribution >= 0.6 is 0 Å². The van der Waals surface area contributed by atoms with Gasteiger partial charge in [-0.2, -0.15) is 0 Å². The zero-order valence-corrected chi connectivity index (χ0v) is 20.1. The molecule has 0 radical (unpaired) electrons. The molecule has 176 valence electrons. The maximum absolute atomic E-state index is 12.9. The number of likely N-dealkylation sites (tertiary alicyclic amines) is 1. The normalized spacial score (nSPS) is 18.2. The van der Waals surface area contributed by atoms with Crippen molar-refractivity contribution >= 4 is 17.6 Å². The van der Waals surface area contributed by atoms with Gasteiger partial charge in [-0.15, -0.1) is 0 Å². The summed E-state index contributed by atoms with van der Waals surface area (Å²) in [5.41, 5.74) is 3.04. The molecule has 1 unspecified atom stereocenters. The van der Waals surface area contributed by atoms with E-state index in [2.05, 4.69) is 30.9 Å². The van der Waals surface area contributed by atoms with E-state index >= 15 is 0 Å². The van der Waals surface area contributed by atoms with E-state index in [9.17, 15) is 9.59 Å². The highest BCUT2D eigenvalue weighted by molar-refractivity contribution is 6.00. The maximum Gasteiger partial charge on any atom is 0.236 e. The summed E-state index contributed by atoms with van der Waals surface area (Å²) in [6, 6.07) is 10.2. The number of benzene rings is 1. The Morgan fingerprint density at radius 1 is 1.15 bits per heavy atom. The first-order chi connectivity index (χ1) is 16.0. The third kappa shape index (κ3) is 5.24. The lowest BCUT2D eigenvalue weighted by molar-refractivity contribution is -0.133. The molecule has 0 bridgehead atoms. The van der Waals surface area contributed by atoms with E-state index in [1.54, 1.807) is 0 Å². The average molecular weight is 450 g/mol. The number of nitrogens with zero attached hydrogens (tertiary/aromatic N) is 5. The van der Waals surface area contributed by atoms with E-state index in [0.717, 1.165) is 61.8 Å². The van der Waals surface area contributed by atoms with Crippen molar-refractivity contribution in [2.24, 2.45) is 0 Å². The number of piperidine rings is 1. The van der Waals surface area contributed by atoms with Gasteiger partial charge in [0.1, 0.15) is 11.6 Å². The van der Waals surface area contributed by atoms with Crippen LogP contribution in [0.3, 0.4) is 0 Å². The van der Waals surface area contributed by atoms with Crippen LogP contribution in [0.15, 0.2) is 30.3 Å². The van der Waals surface area contributed by atoms with E-state index in [1.165, 1.54) is 5.56 Å². The summed E-state index contributed by atoms with van der Waals surface area (Å²) < 4.78 is 0. The van der Waals surface area contributed by atoms with Crippen LogP contribution in [0.25, 0.3) is 0 Å². The fourth-order valence-corrected chi connectivity index (χ4v) is 4.85. The highest BCUT2D eigenvalue weighted by atomic mass is 16.2. The third-order valence-corrected chi connectivity index (χ3v) is 6.95. The van der Waals surface area contributed by atoms with Crippen LogP contribution in [0.1, 0.15) is 55.3 Å². The molecule has 1 aromatic heterocycles. The summed E-state index contributed by atoms with van der Waals surface area (Å²) in [5, 5.41) is 0. The van der Waals surface area contributed by atoms with Crippen LogP contribution in [0.2, 0.25) is 0 Å². The lowest BCUT2D eigenvalue weighted by Gasteiger charge is -2.33. The summed E-state index contributed by atoms with van der Waals surface area (Å²) in [6.45, 7) is 10.4. The molecule has 0 N–H and O–H groups in total. The molecule has 0 aliphatic carbocycles. The lowest BCUT2D eigenvalue weighted by Crippen LogP contribution is -2.44. The quantitative estimate of drug-likeness (QED) is 0.620. The van der Waals surface area contributed by atoms with Crippen LogP contribution in [0.5, 0.6) is 0 Å². The molecule has 1 saturated heterocycles. The van der Waals surface area contributed by atoms with Gasteiger partial charge in [-0.1, -0.05) is 44.2 Å². The van der Waals surface area contributed by atoms with Crippen molar-refractivity contribution in [2.75, 3.05) is 44.2 Å². The predicted octanol–water partition coefficient (Wildman–Crippen LogP) is 2.96. The summed E-state index contributed by atoms with van der Waals surface area (Å²) in [4.78, 5) is 41.3. The second kappa shape index (κ2) is 10.4. The number of likely N-dealkylation sites (N-methyl/N-ethyl adjacent to an activating group) is 1. The molecule has 1 fully saturated rings. The molecule has 7 nitrogen and oxygen atoms in total. The third-order valence-electron chi connectivity index (χ3n) is 6.95. The van der Waals surface area contributed by atoms with Gasteiger partial charge in [0.15, 0.2) is 0 Å². The van der Waals surface area contributed by atoms with E-state index in [-0.39, 0.29) is 17.7 Å². The van der Waals surface area contributed by atoms with E-state index < -0.39 is 0 Å². The number of rotatable bonds is 8. The first-order valence-electron chi connectivity index (χ1n) is 12.2. The van der Waals surface area contributed by atoms with Crippen molar-refractivity contribution in [1.82, 2.24) is 19.8 Å². The molecule has 0 saturated carbocycles. The van der Waals surface area contributed by atoms with Crippen molar-refractivity contribution in [2.45, 2.75) is 52.4 Å². The van der Waals surface area contributed by atoms with Crippen LogP contribution < -0.4 is 4.90 Å². The van der Waals surface area contributed by atoms with Gasteiger partial charge in [-0.25, -0.2) is 9.97 Å². The Kier molecular flexibility index (Phi) is 7.38. The molecular formula is C26H35N5O2. The number of carbonyl (C=O) groups excluding carboxylic acids is 2. The molecule has 2 aliphatic rings. The second-order valence-corrected chi connectivity index (χ2v) is 9.07. The van der Waals surface area contributed by atoms with Gasteiger partial charge in [0.25, 0.3) is 0 Å². The Bertz CT molecular complexity index is 990. The van der Waals surface area contributed by atoms with Gasteiger partial charge in [0, 0.05) is 36.8 Å². The largest absolute Gasteiger partial charge is 0.341 e. The highest BCUT2D eigenvalue weighted by Crippen LogP contribution is 2.32. The first-order valence-corrected chi connectivity index (χ1v) is 12.2. The van der Waals surface area contributed by atoms with Crippen LogP contribution in [0.4, 0.5) is 5.82 Å². The second-order valence-electron chi connectivity index (χ2n) is 9.07. The molecule has 3 heterocycles. The minimum Gasteiger partial charge on any atom is -0.341 e. The van der Waals surface area contributed by atoms with Crippen molar-refractivity contribution in [3.8, 4) is 0 Å². The lowest BCUT2D eigenvalue weighted by atomic mass is 9.96. The molecule has 0 spiro atoms. The van der Waals surface area contributed by atoms with Gasteiger partial charge >= 0.3 is 0 Å². The molecule has 33 heavy (non-hydrogen) atoms. The fourth-order valence-electron chi connectivity index (χ4n) is 4.85. The molecular weight excluding hydrogens is 414 g/mol. The number of fused-ring (bicyclic) bond motifs is 1. The van der Waals surface area contributed by atoms with Crippen molar-refractivity contribution in [3.05, 3.63) is 53.0 Å². The zero-order chi connectivity index (χ0) is 23.4. The summed E-state index contributed by atoms with van der Waals surface area (Å²) in [6.07, 6.45) is 3.08. The van der Waals surface area contributed by atoms with Gasteiger partial charge in [-0.05, 0) is 44.8 Å². The number of aryl methyl sites for hydroxylation is 1. The number of amides is 2. The van der Waals surface area contributed by atoms with Crippen LogP contribution in [-0.2, 0) is 22.4 Å². The summed E-state index contributed by atoms with van der Waals surface area (Å²) >= 11 is 0. The number of hydrogen-bond acceptors (Lipinski definition) is 5. The Morgan fingerprint density at radius 2 is 1.91 bits per heavy atom. The molecule has 2 aromatic rings. The molecule has 1 atom stereocenters. The minimum atomic E-state index is 0.0927. The summed E-state index contributed by atoms with van der Waals surface area (Å²) in [7, 11) is 0. The topological polar surface area (TPSA) is 69.6 Å². The first kappa shape index (κ1) is 23.4. The van der Waals surface area contributed by atoms with Gasteiger partial charge < -0.3 is 4.90 Å². The maximum atomic E-state index is 12.9. The molecule has 4 rings (SSSR count). The summed E-state index contributed by atoms with van der Waals surface area (Å²) in [5.74, 6) is 1.92. The van der Waals surface area contributed by atoms with Crippen LogP contribution in [-0.4, -0.2) is 70.9 Å². The number of hydrogen-bond donors (Lipinski definition) is 0. The van der Waals surface area contributed by atoms with E-state index in [1.807, 2.05) is 34.9 Å². The average Bonchev–Trinajstić information content (AvgIpc) is 3.17. The smallest absolute Gasteiger partial charge is 0.236 e.